The van der Waals surface area contributed by atoms with Crippen LogP contribution in [0.4, 0.5) is 5.69 Å². The van der Waals surface area contributed by atoms with Crippen molar-refractivity contribution in [2.24, 2.45) is 17.3 Å². The van der Waals surface area contributed by atoms with Crippen molar-refractivity contribution in [1.82, 2.24) is 10.2 Å². The molecule has 0 spiro atoms. The van der Waals surface area contributed by atoms with E-state index in [-0.39, 0.29) is 33.4 Å². The highest BCUT2D eigenvalue weighted by molar-refractivity contribution is 7.15. The first-order valence-corrected chi connectivity index (χ1v) is 13.5. The largest absolute Gasteiger partial charge is 0.477 e. The minimum atomic E-state index is -1.06. The van der Waals surface area contributed by atoms with Crippen LogP contribution in [0, 0.1) is 29.1 Å². The molecule has 1 saturated carbocycles. The van der Waals surface area contributed by atoms with Gasteiger partial charge < -0.3 is 14.7 Å². The molecule has 0 bridgehead atoms. The second kappa shape index (κ2) is 12.1. The minimum Gasteiger partial charge on any atom is -0.477 e. The summed E-state index contributed by atoms with van der Waals surface area (Å²) >= 11 is 6.91. The van der Waals surface area contributed by atoms with Crippen molar-refractivity contribution >= 4 is 40.5 Å². The summed E-state index contributed by atoms with van der Waals surface area (Å²) in [6.07, 6.45) is 3.82. The molecule has 0 radical (unpaired) electrons. The molecule has 0 saturated heterocycles. The number of rotatable bonds is 8. The maximum absolute atomic E-state index is 13.7. The molecule has 2 aromatic heterocycles. The van der Waals surface area contributed by atoms with Gasteiger partial charge in [0.1, 0.15) is 4.88 Å². The number of aromatic nitrogens is 2. The van der Waals surface area contributed by atoms with Crippen molar-refractivity contribution < 1.29 is 19.4 Å². The maximum Gasteiger partial charge on any atom is 0.348 e. The summed E-state index contributed by atoms with van der Waals surface area (Å²) in [4.78, 5) is 28.3. The van der Waals surface area contributed by atoms with E-state index in [9.17, 15) is 14.7 Å². The lowest BCUT2D eigenvalue weighted by Gasteiger charge is -2.31. The SMILES string of the molecule is CC1CCC(C(=O)N(CCC(C)Oc2ccc(Cl)nn2)c2cc(C#CC(C)(C)C)sc2C(=O)O)CC1. The summed E-state index contributed by atoms with van der Waals surface area (Å²) < 4.78 is 5.85. The lowest BCUT2D eigenvalue weighted by Crippen LogP contribution is -2.40. The van der Waals surface area contributed by atoms with Gasteiger partial charge in [0.25, 0.3) is 0 Å². The first kappa shape index (κ1) is 27.9. The second-order valence-corrected chi connectivity index (χ2v) is 11.9. The molecule has 2 aromatic rings. The van der Waals surface area contributed by atoms with Crippen LogP contribution in [0.2, 0.25) is 5.15 Å². The predicted octanol–water partition coefficient (Wildman–Crippen LogP) is 6.30. The Balaban J connectivity index is 1.87. The average molecular weight is 532 g/mol. The first-order chi connectivity index (χ1) is 16.9. The van der Waals surface area contributed by atoms with Crippen LogP contribution in [0.25, 0.3) is 0 Å². The molecular weight excluding hydrogens is 498 g/mol. The van der Waals surface area contributed by atoms with Crippen molar-refractivity contribution in [2.75, 3.05) is 11.4 Å². The third-order valence-corrected chi connectivity index (χ3v) is 7.31. The predicted molar refractivity (Wildman–Crippen MR) is 143 cm³/mol. The number of aromatic carboxylic acids is 1. The quantitative estimate of drug-likeness (QED) is 0.401. The van der Waals surface area contributed by atoms with E-state index >= 15 is 0 Å². The molecule has 1 aliphatic carbocycles. The van der Waals surface area contributed by atoms with E-state index in [0.717, 1.165) is 37.0 Å². The van der Waals surface area contributed by atoms with Crippen LogP contribution < -0.4 is 9.64 Å². The fourth-order valence-corrected chi connectivity index (χ4v) is 5.02. The van der Waals surface area contributed by atoms with E-state index in [1.807, 2.05) is 27.7 Å². The van der Waals surface area contributed by atoms with Crippen LogP contribution in [0.1, 0.15) is 81.3 Å². The molecule has 1 atom stereocenters. The van der Waals surface area contributed by atoms with Crippen LogP contribution in [-0.4, -0.2) is 39.8 Å². The Morgan fingerprint density at radius 1 is 1.25 bits per heavy atom. The van der Waals surface area contributed by atoms with E-state index in [1.54, 1.807) is 23.1 Å². The summed E-state index contributed by atoms with van der Waals surface area (Å²) in [5, 5.41) is 17.9. The Hall–Kier alpha value is -2.63. The number of hydrogen-bond acceptors (Lipinski definition) is 6. The zero-order valence-electron chi connectivity index (χ0n) is 21.5. The molecule has 1 fully saturated rings. The van der Waals surface area contributed by atoms with Crippen molar-refractivity contribution in [3.05, 3.63) is 33.1 Å². The van der Waals surface area contributed by atoms with Gasteiger partial charge in [0.2, 0.25) is 11.8 Å². The zero-order chi connectivity index (χ0) is 26.5. The van der Waals surface area contributed by atoms with Gasteiger partial charge in [-0.1, -0.05) is 30.4 Å². The fraction of sp³-hybridized carbons (Fsp3) is 0.556. The summed E-state index contributed by atoms with van der Waals surface area (Å²) in [7, 11) is 0. The Bertz CT molecular complexity index is 1120. The van der Waals surface area contributed by atoms with E-state index in [4.69, 9.17) is 16.3 Å². The molecule has 2 heterocycles. The monoisotopic (exact) mass is 531 g/mol. The molecule has 7 nitrogen and oxygen atoms in total. The molecule has 9 heteroatoms. The van der Waals surface area contributed by atoms with Crippen molar-refractivity contribution in [2.45, 2.75) is 72.8 Å². The molecule has 194 valence electrons. The van der Waals surface area contributed by atoms with Gasteiger partial charge in [0, 0.05) is 30.4 Å². The molecule has 1 unspecified atom stereocenters. The summed E-state index contributed by atoms with van der Waals surface area (Å²) in [6, 6.07) is 4.98. The normalized spacial score (nSPS) is 18.6. The van der Waals surface area contributed by atoms with Gasteiger partial charge >= 0.3 is 5.97 Å². The number of amides is 1. The maximum atomic E-state index is 13.7. The third-order valence-electron chi connectivity index (χ3n) is 6.08. The number of carbonyl (C=O) groups excluding carboxylic acids is 1. The Morgan fingerprint density at radius 2 is 1.94 bits per heavy atom. The number of thiophene rings is 1. The lowest BCUT2D eigenvalue weighted by molar-refractivity contribution is -0.123. The number of ether oxygens (including phenoxy) is 1. The van der Waals surface area contributed by atoms with Gasteiger partial charge in [-0.15, -0.1) is 21.5 Å². The lowest BCUT2D eigenvalue weighted by atomic mass is 9.82. The fourth-order valence-electron chi connectivity index (χ4n) is 4.07. The number of halogens is 1. The highest BCUT2D eigenvalue weighted by Crippen LogP contribution is 2.35. The minimum absolute atomic E-state index is 0.0315. The van der Waals surface area contributed by atoms with Crippen molar-refractivity contribution in [1.29, 1.82) is 0 Å². The topological polar surface area (TPSA) is 92.6 Å². The van der Waals surface area contributed by atoms with Crippen LogP contribution >= 0.6 is 22.9 Å². The number of carbonyl (C=O) groups is 2. The first-order valence-electron chi connectivity index (χ1n) is 12.3. The summed E-state index contributed by atoms with van der Waals surface area (Å²) in [5.41, 5.74) is 0.187. The van der Waals surface area contributed by atoms with Gasteiger partial charge in [-0.05, 0) is 71.4 Å². The number of anilines is 1. The standard InChI is InChI=1S/C27H34ClN3O4S/c1-17-6-8-19(9-7-17)25(32)31(15-13-18(2)35-23-11-10-22(28)29-30-23)21-16-20(12-14-27(3,4)5)36-24(21)26(33)34/h10-11,16-19H,6-9,13,15H2,1-5H3,(H,33,34). The number of carboxylic acids is 1. The Morgan fingerprint density at radius 3 is 2.53 bits per heavy atom. The molecule has 0 aliphatic heterocycles. The zero-order valence-corrected chi connectivity index (χ0v) is 23.1. The molecule has 0 aromatic carbocycles. The summed E-state index contributed by atoms with van der Waals surface area (Å²) in [6.45, 7) is 10.4. The molecule has 1 aliphatic rings. The van der Waals surface area contributed by atoms with Gasteiger partial charge in [-0.3, -0.25) is 4.79 Å². The highest BCUT2D eigenvalue weighted by atomic mass is 35.5. The van der Waals surface area contributed by atoms with E-state index in [0.29, 0.717) is 35.3 Å². The van der Waals surface area contributed by atoms with Gasteiger partial charge in [0.05, 0.1) is 16.7 Å². The van der Waals surface area contributed by atoms with Gasteiger partial charge in [-0.25, -0.2) is 4.79 Å². The van der Waals surface area contributed by atoms with E-state index < -0.39 is 5.97 Å². The van der Waals surface area contributed by atoms with E-state index in [1.165, 1.54) is 0 Å². The van der Waals surface area contributed by atoms with Crippen molar-refractivity contribution in [3.63, 3.8) is 0 Å². The molecule has 3 rings (SSSR count). The Kier molecular flexibility index (Phi) is 9.37. The van der Waals surface area contributed by atoms with Crippen molar-refractivity contribution in [3.8, 4) is 17.7 Å². The second-order valence-electron chi connectivity index (χ2n) is 10.5. The summed E-state index contributed by atoms with van der Waals surface area (Å²) in [5.74, 6) is 5.99. The van der Waals surface area contributed by atoms with E-state index in [2.05, 4.69) is 29.0 Å². The smallest absolute Gasteiger partial charge is 0.348 e. The molecule has 1 N–H and O–H groups in total. The molecule has 36 heavy (non-hydrogen) atoms. The van der Waals surface area contributed by atoms with Crippen LogP contribution in [-0.2, 0) is 4.79 Å². The number of carboxylic acid groups (broad SMARTS) is 1. The highest BCUT2D eigenvalue weighted by Gasteiger charge is 2.32. The average Bonchev–Trinajstić information content (AvgIpc) is 3.24. The third kappa shape index (κ3) is 7.94. The van der Waals surface area contributed by atoms with Crippen LogP contribution in [0.3, 0.4) is 0 Å². The number of nitrogens with zero attached hydrogens (tertiary/aromatic N) is 3. The van der Waals surface area contributed by atoms with Crippen LogP contribution in [0.15, 0.2) is 18.2 Å². The van der Waals surface area contributed by atoms with Crippen LogP contribution in [0.5, 0.6) is 5.88 Å². The van der Waals surface area contributed by atoms with Gasteiger partial charge in [-0.2, -0.15) is 0 Å². The number of hydrogen-bond donors (Lipinski definition) is 1. The molecule has 1 amide bonds. The van der Waals surface area contributed by atoms with Gasteiger partial charge in [0.15, 0.2) is 5.15 Å². The molecular formula is C27H34ClN3O4S. The Labute approximate surface area is 222 Å².